The lowest BCUT2D eigenvalue weighted by atomic mass is 10.1. The first-order chi connectivity index (χ1) is 9.13. The van der Waals surface area contributed by atoms with E-state index >= 15 is 0 Å². The molecular weight excluding hydrogens is 239 g/mol. The fourth-order valence-electron chi connectivity index (χ4n) is 3.04. The van der Waals surface area contributed by atoms with Gasteiger partial charge < -0.3 is 10.2 Å². The summed E-state index contributed by atoms with van der Waals surface area (Å²) >= 11 is 0. The van der Waals surface area contributed by atoms with Crippen LogP contribution in [0.4, 0.5) is 10.1 Å². The van der Waals surface area contributed by atoms with E-state index in [0.29, 0.717) is 12.0 Å². The Balaban J connectivity index is 2.22. The number of hydrogen-bond acceptors (Lipinski definition) is 2. The molecule has 1 N–H and O–H groups in total. The Morgan fingerprint density at radius 3 is 2.79 bits per heavy atom. The summed E-state index contributed by atoms with van der Waals surface area (Å²) < 4.78 is 14.2. The van der Waals surface area contributed by atoms with Crippen molar-refractivity contribution in [3.63, 3.8) is 0 Å². The molecular formula is C16H25FN2. The Labute approximate surface area is 116 Å². The van der Waals surface area contributed by atoms with Crippen molar-refractivity contribution in [3.05, 3.63) is 29.6 Å². The van der Waals surface area contributed by atoms with Crippen molar-refractivity contribution in [1.29, 1.82) is 0 Å². The van der Waals surface area contributed by atoms with Gasteiger partial charge in [0.25, 0.3) is 0 Å². The summed E-state index contributed by atoms with van der Waals surface area (Å²) in [4.78, 5) is 2.24. The minimum Gasteiger partial charge on any atom is -0.366 e. The normalized spacial score (nSPS) is 23.1. The molecule has 1 aromatic rings. The summed E-state index contributed by atoms with van der Waals surface area (Å²) in [5.74, 6) is 0.558. The molecule has 1 fully saturated rings. The minimum atomic E-state index is -0.0863. The number of hydrogen-bond donors (Lipinski definition) is 1. The average Bonchev–Trinajstić information content (AvgIpc) is 2.69. The van der Waals surface area contributed by atoms with Crippen LogP contribution in [0.5, 0.6) is 0 Å². The van der Waals surface area contributed by atoms with Gasteiger partial charge in [-0.2, -0.15) is 0 Å². The van der Waals surface area contributed by atoms with Gasteiger partial charge in [0.2, 0.25) is 0 Å². The van der Waals surface area contributed by atoms with Crippen molar-refractivity contribution < 1.29 is 4.39 Å². The highest BCUT2D eigenvalue weighted by molar-refractivity contribution is 5.56. The molecule has 2 nitrogen and oxygen atoms in total. The number of para-hydroxylation sites is 1. The molecule has 0 saturated carbocycles. The lowest BCUT2D eigenvalue weighted by Crippen LogP contribution is -2.29. The molecule has 0 aromatic heterocycles. The Hall–Kier alpha value is -1.09. The average molecular weight is 264 g/mol. The van der Waals surface area contributed by atoms with Gasteiger partial charge in [0, 0.05) is 19.1 Å². The fraction of sp³-hybridized carbons (Fsp3) is 0.625. The van der Waals surface area contributed by atoms with Crippen molar-refractivity contribution in [2.24, 2.45) is 5.92 Å². The number of benzene rings is 1. The van der Waals surface area contributed by atoms with Gasteiger partial charge in [-0.3, -0.25) is 0 Å². The van der Waals surface area contributed by atoms with Crippen molar-refractivity contribution in [1.82, 2.24) is 5.32 Å². The highest BCUT2D eigenvalue weighted by Gasteiger charge is 2.29. The SMILES string of the molecule is CCCNCc1cccc(F)c1N1CC(C)CC1C. The lowest BCUT2D eigenvalue weighted by molar-refractivity contribution is 0.603. The van der Waals surface area contributed by atoms with Crippen molar-refractivity contribution >= 4 is 5.69 Å². The van der Waals surface area contributed by atoms with Crippen LogP contribution in [0.1, 0.15) is 39.2 Å². The summed E-state index contributed by atoms with van der Waals surface area (Å²) in [6.45, 7) is 9.26. The lowest BCUT2D eigenvalue weighted by Gasteiger charge is -2.27. The molecule has 2 rings (SSSR count). The molecule has 1 saturated heterocycles. The van der Waals surface area contributed by atoms with Crippen LogP contribution in [-0.2, 0) is 6.54 Å². The fourth-order valence-corrected chi connectivity index (χ4v) is 3.04. The summed E-state index contributed by atoms with van der Waals surface area (Å²) in [5.41, 5.74) is 1.89. The van der Waals surface area contributed by atoms with Crippen LogP contribution >= 0.6 is 0 Å². The minimum absolute atomic E-state index is 0.0863. The van der Waals surface area contributed by atoms with Gasteiger partial charge >= 0.3 is 0 Å². The number of halogens is 1. The van der Waals surface area contributed by atoms with Gasteiger partial charge in [0.1, 0.15) is 5.82 Å². The Morgan fingerprint density at radius 1 is 1.37 bits per heavy atom. The van der Waals surface area contributed by atoms with Crippen molar-refractivity contribution in [3.8, 4) is 0 Å². The van der Waals surface area contributed by atoms with Gasteiger partial charge in [-0.05, 0) is 43.9 Å². The van der Waals surface area contributed by atoms with E-state index in [1.165, 1.54) is 0 Å². The number of nitrogens with zero attached hydrogens (tertiary/aromatic N) is 1. The number of nitrogens with one attached hydrogen (secondary N) is 1. The third kappa shape index (κ3) is 3.27. The van der Waals surface area contributed by atoms with Gasteiger partial charge in [-0.1, -0.05) is 26.0 Å². The van der Waals surface area contributed by atoms with E-state index in [1.807, 2.05) is 12.1 Å². The molecule has 1 aromatic carbocycles. The van der Waals surface area contributed by atoms with Crippen molar-refractivity contribution in [2.75, 3.05) is 18.0 Å². The van der Waals surface area contributed by atoms with Gasteiger partial charge in [0.15, 0.2) is 0 Å². The third-order valence-electron chi connectivity index (χ3n) is 3.88. The van der Waals surface area contributed by atoms with Crippen LogP contribution in [-0.4, -0.2) is 19.1 Å². The molecule has 1 heterocycles. The maximum absolute atomic E-state index is 14.2. The van der Waals surface area contributed by atoms with Gasteiger partial charge in [-0.25, -0.2) is 4.39 Å². The number of rotatable bonds is 5. The van der Waals surface area contributed by atoms with E-state index in [0.717, 1.165) is 43.7 Å². The molecule has 3 heteroatoms. The molecule has 1 aliphatic rings. The predicted octanol–water partition coefficient (Wildman–Crippen LogP) is 3.56. The summed E-state index contributed by atoms with van der Waals surface area (Å²) in [6, 6.07) is 5.86. The maximum Gasteiger partial charge on any atom is 0.146 e. The highest BCUT2D eigenvalue weighted by atomic mass is 19.1. The Morgan fingerprint density at radius 2 is 2.16 bits per heavy atom. The highest BCUT2D eigenvalue weighted by Crippen LogP contribution is 2.33. The van der Waals surface area contributed by atoms with Crippen LogP contribution in [0.25, 0.3) is 0 Å². The van der Waals surface area contributed by atoms with E-state index in [9.17, 15) is 4.39 Å². The second-order valence-corrected chi connectivity index (χ2v) is 5.77. The molecule has 2 atom stereocenters. The van der Waals surface area contributed by atoms with Crippen LogP contribution in [0, 0.1) is 11.7 Å². The third-order valence-corrected chi connectivity index (χ3v) is 3.88. The Kier molecular flexibility index (Phi) is 4.81. The summed E-state index contributed by atoms with van der Waals surface area (Å²) in [5, 5.41) is 3.38. The molecule has 106 valence electrons. The van der Waals surface area contributed by atoms with E-state index < -0.39 is 0 Å². The quantitative estimate of drug-likeness (QED) is 0.818. The van der Waals surface area contributed by atoms with Gasteiger partial charge in [-0.15, -0.1) is 0 Å². The van der Waals surface area contributed by atoms with Crippen LogP contribution in [0.15, 0.2) is 18.2 Å². The summed E-state index contributed by atoms with van der Waals surface area (Å²) in [6.07, 6.45) is 2.25. The van der Waals surface area contributed by atoms with Crippen LogP contribution < -0.4 is 10.2 Å². The molecule has 0 spiro atoms. The second kappa shape index (κ2) is 6.38. The molecule has 0 amide bonds. The van der Waals surface area contributed by atoms with E-state index in [4.69, 9.17) is 0 Å². The van der Waals surface area contributed by atoms with Gasteiger partial charge in [0.05, 0.1) is 5.69 Å². The zero-order valence-electron chi connectivity index (χ0n) is 12.2. The molecule has 0 aliphatic carbocycles. The standard InChI is InChI=1S/C16H25FN2/c1-4-8-18-10-14-6-5-7-15(17)16(14)19-11-12(2)9-13(19)3/h5-7,12-13,18H,4,8-11H2,1-3H3. The topological polar surface area (TPSA) is 15.3 Å². The van der Waals surface area contributed by atoms with E-state index in [-0.39, 0.29) is 5.82 Å². The zero-order valence-corrected chi connectivity index (χ0v) is 12.2. The molecule has 0 radical (unpaired) electrons. The monoisotopic (exact) mass is 264 g/mol. The molecule has 1 aliphatic heterocycles. The largest absolute Gasteiger partial charge is 0.366 e. The predicted molar refractivity (Wildman–Crippen MR) is 79.0 cm³/mol. The first kappa shape index (κ1) is 14.3. The molecule has 2 unspecified atom stereocenters. The van der Waals surface area contributed by atoms with Crippen LogP contribution in [0.2, 0.25) is 0 Å². The van der Waals surface area contributed by atoms with Crippen LogP contribution in [0.3, 0.4) is 0 Å². The molecule has 0 bridgehead atoms. The first-order valence-corrected chi connectivity index (χ1v) is 7.38. The van der Waals surface area contributed by atoms with E-state index in [1.54, 1.807) is 6.07 Å². The Bertz CT molecular complexity index is 419. The number of anilines is 1. The van der Waals surface area contributed by atoms with Crippen molar-refractivity contribution in [2.45, 2.75) is 46.2 Å². The first-order valence-electron chi connectivity index (χ1n) is 7.38. The zero-order chi connectivity index (χ0) is 13.8. The maximum atomic E-state index is 14.2. The smallest absolute Gasteiger partial charge is 0.146 e. The second-order valence-electron chi connectivity index (χ2n) is 5.77. The summed E-state index contributed by atoms with van der Waals surface area (Å²) in [7, 11) is 0. The van der Waals surface area contributed by atoms with E-state index in [2.05, 4.69) is 31.0 Å². The molecule has 19 heavy (non-hydrogen) atoms.